The molecule has 0 N–H and O–H groups in total. The number of methoxy groups -OCH3 is 1. The van der Waals surface area contributed by atoms with Crippen LogP contribution in [0.1, 0.15) is 21.9 Å². The predicted molar refractivity (Wildman–Crippen MR) is 86.5 cm³/mol. The Hall–Kier alpha value is -3.22. The molecule has 0 radical (unpaired) electrons. The van der Waals surface area contributed by atoms with Crippen LogP contribution < -0.4 is 4.74 Å². The number of nitrogens with zero attached hydrogens (tertiary/aromatic N) is 4. The Labute approximate surface area is 138 Å². The maximum Gasteiger partial charge on any atom is 0.341 e. The van der Waals surface area contributed by atoms with E-state index in [1.54, 1.807) is 24.6 Å². The van der Waals surface area contributed by atoms with E-state index < -0.39 is 5.97 Å². The molecule has 7 heteroatoms. The number of carbonyl (C=O) groups is 1. The van der Waals surface area contributed by atoms with Gasteiger partial charge in [-0.2, -0.15) is 10.1 Å². The highest BCUT2D eigenvalue weighted by atomic mass is 16.5. The van der Waals surface area contributed by atoms with Crippen LogP contribution in [0.5, 0.6) is 11.6 Å². The van der Waals surface area contributed by atoms with Gasteiger partial charge in [-0.3, -0.25) is 0 Å². The van der Waals surface area contributed by atoms with Crippen molar-refractivity contribution in [2.45, 2.75) is 13.8 Å². The largest absolute Gasteiger partial charge is 0.465 e. The second-order valence-corrected chi connectivity index (χ2v) is 5.07. The Morgan fingerprint density at radius 1 is 1.12 bits per heavy atom. The number of carbonyl (C=O) groups excluding carboxylic acids is 1. The predicted octanol–water partition coefficient (Wildman–Crippen LogP) is 2.86. The molecular weight excluding hydrogens is 308 g/mol. The molecule has 1 aromatic carbocycles. The fourth-order valence-electron chi connectivity index (χ4n) is 2.25. The van der Waals surface area contributed by atoms with E-state index >= 15 is 0 Å². The SMILES string of the molecule is COC(=O)c1cnn(-c2cc(Oc3ccccc3)nc(C)n2)c1C. The van der Waals surface area contributed by atoms with E-state index in [0.29, 0.717) is 34.5 Å². The van der Waals surface area contributed by atoms with Gasteiger partial charge < -0.3 is 9.47 Å². The van der Waals surface area contributed by atoms with Gasteiger partial charge in [0.15, 0.2) is 5.82 Å². The molecule has 122 valence electrons. The Kier molecular flexibility index (Phi) is 4.24. The van der Waals surface area contributed by atoms with Gasteiger partial charge in [-0.15, -0.1) is 0 Å². The third-order valence-corrected chi connectivity index (χ3v) is 3.40. The average Bonchev–Trinajstić information content (AvgIpc) is 2.96. The van der Waals surface area contributed by atoms with Crippen LogP contribution in [0.25, 0.3) is 5.82 Å². The van der Waals surface area contributed by atoms with Gasteiger partial charge in [0.25, 0.3) is 0 Å². The molecule has 0 amide bonds. The summed E-state index contributed by atoms with van der Waals surface area (Å²) < 4.78 is 12.1. The topological polar surface area (TPSA) is 79.1 Å². The van der Waals surface area contributed by atoms with E-state index in [-0.39, 0.29) is 0 Å². The maximum atomic E-state index is 11.7. The van der Waals surface area contributed by atoms with Crippen molar-refractivity contribution in [3.05, 3.63) is 59.7 Å². The Bertz CT molecular complexity index is 875. The Balaban J connectivity index is 1.97. The van der Waals surface area contributed by atoms with E-state index in [0.717, 1.165) is 0 Å². The fourth-order valence-corrected chi connectivity index (χ4v) is 2.25. The molecule has 0 saturated heterocycles. The van der Waals surface area contributed by atoms with Gasteiger partial charge in [0.1, 0.15) is 17.1 Å². The number of aryl methyl sites for hydroxylation is 1. The quantitative estimate of drug-likeness (QED) is 0.687. The van der Waals surface area contributed by atoms with Crippen LogP contribution in [-0.2, 0) is 4.74 Å². The van der Waals surface area contributed by atoms with Gasteiger partial charge in [0, 0.05) is 6.07 Å². The number of esters is 1. The molecule has 0 spiro atoms. The molecule has 3 rings (SSSR count). The van der Waals surface area contributed by atoms with Crippen molar-refractivity contribution < 1.29 is 14.3 Å². The maximum absolute atomic E-state index is 11.7. The summed E-state index contributed by atoms with van der Waals surface area (Å²) in [7, 11) is 1.33. The molecule has 0 fully saturated rings. The van der Waals surface area contributed by atoms with Crippen molar-refractivity contribution in [2.24, 2.45) is 0 Å². The number of rotatable bonds is 4. The first-order valence-electron chi connectivity index (χ1n) is 7.30. The molecule has 3 aromatic rings. The van der Waals surface area contributed by atoms with Crippen LogP contribution in [0.4, 0.5) is 0 Å². The molecule has 0 aliphatic carbocycles. The second-order valence-electron chi connectivity index (χ2n) is 5.07. The van der Waals surface area contributed by atoms with Crippen molar-refractivity contribution in [3.8, 4) is 17.4 Å². The first-order valence-corrected chi connectivity index (χ1v) is 7.30. The smallest absolute Gasteiger partial charge is 0.341 e. The zero-order chi connectivity index (χ0) is 17.1. The summed E-state index contributed by atoms with van der Waals surface area (Å²) in [5.74, 6) is 1.69. The highest BCUT2D eigenvalue weighted by Gasteiger charge is 2.17. The summed E-state index contributed by atoms with van der Waals surface area (Å²) in [4.78, 5) is 20.4. The third kappa shape index (κ3) is 3.10. The summed E-state index contributed by atoms with van der Waals surface area (Å²) in [6.45, 7) is 3.54. The number of hydrogen-bond acceptors (Lipinski definition) is 6. The summed E-state index contributed by atoms with van der Waals surface area (Å²) in [5.41, 5.74) is 1.02. The van der Waals surface area contributed by atoms with Gasteiger partial charge in [0.2, 0.25) is 5.88 Å². The van der Waals surface area contributed by atoms with Crippen LogP contribution in [0.2, 0.25) is 0 Å². The second kappa shape index (κ2) is 6.49. The zero-order valence-electron chi connectivity index (χ0n) is 13.6. The van der Waals surface area contributed by atoms with E-state index in [2.05, 4.69) is 15.1 Å². The molecule has 0 atom stereocenters. The van der Waals surface area contributed by atoms with E-state index in [1.165, 1.54) is 13.3 Å². The average molecular weight is 324 g/mol. The lowest BCUT2D eigenvalue weighted by molar-refractivity contribution is 0.0600. The van der Waals surface area contributed by atoms with Gasteiger partial charge in [-0.25, -0.2) is 14.5 Å². The van der Waals surface area contributed by atoms with Crippen molar-refractivity contribution in [1.29, 1.82) is 0 Å². The van der Waals surface area contributed by atoms with Gasteiger partial charge in [-0.05, 0) is 26.0 Å². The lowest BCUT2D eigenvalue weighted by atomic mass is 10.2. The van der Waals surface area contributed by atoms with Crippen LogP contribution in [0.15, 0.2) is 42.6 Å². The number of benzene rings is 1. The molecule has 24 heavy (non-hydrogen) atoms. The van der Waals surface area contributed by atoms with Crippen molar-refractivity contribution >= 4 is 5.97 Å². The Morgan fingerprint density at radius 2 is 1.88 bits per heavy atom. The molecule has 0 saturated carbocycles. The first kappa shape index (κ1) is 15.7. The molecule has 0 aliphatic heterocycles. The molecule has 0 unspecified atom stereocenters. The lowest BCUT2D eigenvalue weighted by Gasteiger charge is -2.09. The van der Waals surface area contributed by atoms with Crippen LogP contribution in [-0.4, -0.2) is 32.8 Å². The van der Waals surface area contributed by atoms with E-state index in [9.17, 15) is 4.79 Å². The molecule has 0 aliphatic rings. The number of ether oxygens (including phenoxy) is 2. The first-order chi connectivity index (χ1) is 11.6. The molecule has 7 nitrogen and oxygen atoms in total. The zero-order valence-corrected chi connectivity index (χ0v) is 13.6. The highest BCUT2D eigenvalue weighted by molar-refractivity contribution is 5.90. The van der Waals surface area contributed by atoms with Crippen molar-refractivity contribution in [1.82, 2.24) is 19.7 Å². The number of para-hydroxylation sites is 1. The number of aromatic nitrogens is 4. The minimum Gasteiger partial charge on any atom is -0.465 e. The van der Waals surface area contributed by atoms with Gasteiger partial charge in [0.05, 0.1) is 19.0 Å². The highest BCUT2D eigenvalue weighted by Crippen LogP contribution is 2.22. The van der Waals surface area contributed by atoms with Gasteiger partial charge in [-0.1, -0.05) is 18.2 Å². The molecule has 2 aromatic heterocycles. The van der Waals surface area contributed by atoms with Crippen molar-refractivity contribution in [2.75, 3.05) is 7.11 Å². The normalized spacial score (nSPS) is 10.5. The number of hydrogen-bond donors (Lipinski definition) is 0. The van der Waals surface area contributed by atoms with Crippen LogP contribution in [0.3, 0.4) is 0 Å². The Morgan fingerprint density at radius 3 is 2.58 bits per heavy atom. The van der Waals surface area contributed by atoms with Crippen LogP contribution in [0, 0.1) is 13.8 Å². The summed E-state index contributed by atoms with van der Waals surface area (Å²) in [6.07, 6.45) is 1.45. The standard InChI is InChI=1S/C17H16N4O3/c1-11-14(17(22)23-3)10-18-21(11)15-9-16(20-12(2)19-15)24-13-7-5-4-6-8-13/h4-10H,1-3H3. The fraction of sp³-hybridized carbons (Fsp3) is 0.176. The van der Waals surface area contributed by atoms with Crippen molar-refractivity contribution in [3.63, 3.8) is 0 Å². The lowest BCUT2D eigenvalue weighted by Crippen LogP contribution is -2.07. The molecule has 0 bridgehead atoms. The van der Waals surface area contributed by atoms with E-state index in [1.807, 2.05) is 30.3 Å². The minimum atomic E-state index is -0.440. The summed E-state index contributed by atoms with van der Waals surface area (Å²) in [5, 5.41) is 4.21. The van der Waals surface area contributed by atoms with Crippen LogP contribution >= 0.6 is 0 Å². The van der Waals surface area contributed by atoms with E-state index in [4.69, 9.17) is 9.47 Å². The van der Waals surface area contributed by atoms with Gasteiger partial charge >= 0.3 is 5.97 Å². The summed E-state index contributed by atoms with van der Waals surface area (Å²) >= 11 is 0. The third-order valence-electron chi connectivity index (χ3n) is 3.40. The minimum absolute atomic E-state index is 0.388. The molecular formula is C17H16N4O3. The summed E-state index contributed by atoms with van der Waals surface area (Å²) in [6, 6.07) is 11.0. The molecule has 2 heterocycles. The monoisotopic (exact) mass is 324 g/mol.